The zero-order valence-corrected chi connectivity index (χ0v) is 17.9. The van der Waals surface area contributed by atoms with Gasteiger partial charge in [0.1, 0.15) is 11.8 Å². The largest absolute Gasteiger partial charge is 0.361 e. The smallest absolute Gasteiger partial charge is 0.248 e. The molecule has 1 aromatic carbocycles. The maximum atomic E-state index is 12.8. The van der Waals surface area contributed by atoms with E-state index < -0.39 is 6.04 Å². The van der Waals surface area contributed by atoms with E-state index in [9.17, 15) is 9.59 Å². The van der Waals surface area contributed by atoms with Crippen LogP contribution in [0.5, 0.6) is 0 Å². The van der Waals surface area contributed by atoms with Crippen molar-refractivity contribution in [3.8, 4) is 0 Å². The van der Waals surface area contributed by atoms with Crippen LogP contribution in [0.2, 0.25) is 0 Å². The summed E-state index contributed by atoms with van der Waals surface area (Å²) >= 11 is 2.97. The molecule has 1 N–H and O–H groups in total. The topological polar surface area (TPSA) is 88.3 Å². The average molecular weight is 431 g/mol. The molecule has 4 rings (SSSR count). The highest BCUT2D eigenvalue weighted by Gasteiger charge is 2.34. The zero-order valence-electron chi connectivity index (χ0n) is 16.3. The molecule has 7 nitrogen and oxygen atoms in total. The Morgan fingerprint density at radius 3 is 2.93 bits per heavy atom. The van der Waals surface area contributed by atoms with Gasteiger partial charge in [-0.1, -0.05) is 28.6 Å². The Morgan fingerprint density at radius 2 is 2.17 bits per heavy atom. The molecule has 2 aromatic heterocycles. The number of amides is 2. The highest BCUT2D eigenvalue weighted by Crippen LogP contribution is 2.27. The molecule has 29 heavy (non-hydrogen) atoms. The summed E-state index contributed by atoms with van der Waals surface area (Å²) in [6.07, 6.45) is 1.51. The molecule has 9 heteroatoms. The zero-order chi connectivity index (χ0) is 20.4. The van der Waals surface area contributed by atoms with Crippen molar-refractivity contribution in [2.75, 3.05) is 17.6 Å². The van der Waals surface area contributed by atoms with Gasteiger partial charge in [0.2, 0.25) is 11.8 Å². The van der Waals surface area contributed by atoms with Crippen molar-refractivity contribution in [3.63, 3.8) is 0 Å². The van der Waals surface area contributed by atoms with Gasteiger partial charge in [0.25, 0.3) is 0 Å². The number of nitrogens with zero attached hydrogens (tertiary/aromatic N) is 3. The van der Waals surface area contributed by atoms with Gasteiger partial charge in [0.05, 0.1) is 21.7 Å². The molecule has 152 valence electrons. The Labute approximate surface area is 176 Å². The van der Waals surface area contributed by atoms with Gasteiger partial charge >= 0.3 is 0 Å². The second-order valence-corrected chi connectivity index (χ2v) is 9.03. The van der Waals surface area contributed by atoms with Crippen LogP contribution in [0, 0.1) is 13.8 Å². The second kappa shape index (κ2) is 8.54. The van der Waals surface area contributed by atoms with Crippen molar-refractivity contribution in [1.82, 2.24) is 15.0 Å². The normalized spacial score (nSPS) is 16.5. The molecule has 1 atom stereocenters. The Morgan fingerprint density at radius 1 is 1.34 bits per heavy atom. The lowest BCUT2D eigenvalue weighted by Crippen LogP contribution is -2.44. The molecule has 1 saturated heterocycles. The third kappa shape index (κ3) is 4.30. The first kappa shape index (κ1) is 19.9. The first-order valence-corrected chi connectivity index (χ1v) is 11.5. The van der Waals surface area contributed by atoms with Crippen LogP contribution in [0.1, 0.15) is 29.9 Å². The molecule has 3 aromatic rings. The van der Waals surface area contributed by atoms with Crippen LogP contribution in [0.4, 0.5) is 5.13 Å². The summed E-state index contributed by atoms with van der Waals surface area (Å²) in [6.45, 7) is 4.39. The van der Waals surface area contributed by atoms with Gasteiger partial charge < -0.3 is 14.7 Å². The van der Waals surface area contributed by atoms with E-state index in [1.807, 2.05) is 38.1 Å². The van der Waals surface area contributed by atoms with Gasteiger partial charge in [0.15, 0.2) is 5.13 Å². The number of carbonyl (C=O) groups excluding carboxylic acids is 2. The van der Waals surface area contributed by atoms with E-state index in [1.54, 1.807) is 4.90 Å². The summed E-state index contributed by atoms with van der Waals surface area (Å²) in [4.78, 5) is 31.7. The fraction of sp³-hybridized carbons (Fsp3) is 0.400. The number of thioether (sulfide) groups is 1. The highest BCUT2D eigenvalue weighted by atomic mass is 32.2. The number of benzene rings is 1. The van der Waals surface area contributed by atoms with Gasteiger partial charge in [0, 0.05) is 17.9 Å². The van der Waals surface area contributed by atoms with Gasteiger partial charge in [-0.05, 0) is 38.8 Å². The standard InChI is InChI=1S/C20H22N4O3S2/c1-12-14(13(2)27-23-12)10-28-11-18(25)24-9-5-7-16(24)19(26)22-20-21-15-6-3-4-8-17(15)29-20/h3-4,6,8,16H,5,7,9-11H2,1-2H3,(H,21,22,26). The van der Waals surface area contributed by atoms with E-state index in [-0.39, 0.29) is 11.8 Å². The van der Waals surface area contributed by atoms with Crippen molar-refractivity contribution in [2.24, 2.45) is 0 Å². The van der Waals surface area contributed by atoms with Crippen molar-refractivity contribution in [1.29, 1.82) is 0 Å². The van der Waals surface area contributed by atoms with Gasteiger partial charge in [-0.25, -0.2) is 4.98 Å². The number of carbonyl (C=O) groups is 2. The van der Waals surface area contributed by atoms with Gasteiger partial charge in [-0.15, -0.1) is 11.8 Å². The number of anilines is 1. The van der Waals surface area contributed by atoms with Crippen LogP contribution < -0.4 is 5.32 Å². The molecular formula is C20H22N4O3S2. The predicted octanol–water partition coefficient (Wildman–Crippen LogP) is 3.76. The monoisotopic (exact) mass is 430 g/mol. The van der Waals surface area contributed by atoms with Crippen LogP contribution in [0.3, 0.4) is 0 Å². The Kier molecular flexibility index (Phi) is 5.86. The molecule has 1 aliphatic rings. The number of thiazole rings is 1. The van der Waals surface area contributed by atoms with Crippen LogP contribution in [0.15, 0.2) is 28.8 Å². The number of aromatic nitrogens is 2. The number of hydrogen-bond donors (Lipinski definition) is 1. The number of likely N-dealkylation sites (tertiary alicyclic amines) is 1. The number of aryl methyl sites for hydroxylation is 2. The van der Waals surface area contributed by atoms with Crippen molar-refractivity contribution in [3.05, 3.63) is 41.3 Å². The van der Waals surface area contributed by atoms with Crippen LogP contribution in [0.25, 0.3) is 10.2 Å². The summed E-state index contributed by atoms with van der Waals surface area (Å²) < 4.78 is 6.19. The molecule has 1 aliphatic heterocycles. The predicted molar refractivity (Wildman–Crippen MR) is 115 cm³/mol. The number of rotatable bonds is 6. The maximum Gasteiger partial charge on any atom is 0.248 e. The van der Waals surface area contributed by atoms with Crippen LogP contribution in [-0.2, 0) is 15.3 Å². The quantitative estimate of drug-likeness (QED) is 0.641. The minimum atomic E-state index is -0.436. The molecule has 0 spiro atoms. The summed E-state index contributed by atoms with van der Waals surface area (Å²) in [5.74, 6) is 1.62. The molecule has 0 aliphatic carbocycles. The van der Waals surface area contributed by atoms with E-state index in [0.717, 1.165) is 33.7 Å². The summed E-state index contributed by atoms with van der Waals surface area (Å²) in [6, 6.07) is 7.33. The molecule has 2 amide bonds. The van der Waals surface area contributed by atoms with Crippen molar-refractivity contribution < 1.29 is 14.1 Å². The van der Waals surface area contributed by atoms with E-state index in [4.69, 9.17) is 4.52 Å². The lowest BCUT2D eigenvalue weighted by atomic mass is 10.2. The molecule has 0 radical (unpaired) electrons. The molecule has 1 fully saturated rings. The van der Waals surface area contributed by atoms with Gasteiger partial charge in [-0.2, -0.15) is 0 Å². The number of fused-ring (bicyclic) bond motifs is 1. The SMILES string of the molecule is Cc1noc(C)c1CSCC(=O)N1CCCC1C(=O)Nc1nc2ccccc2s1. The number of nitrogens with one attached hydrogen (secondary N) is 1. The number of hydrogen-bond acceptors (Lipinski definition) is 7. The summed E-state index contributed by atoms with van der Waals surface area (Å²) in [5, 5.41) is 7.41. The summed E-state index contributed by atoms with van der Waals surface area (Å²) in [5.41, 5.74) is 2.76. The Hall–Kier alpha value is -2.39. The first-order chi connectivity index (χ1) is 14.0. The molecule has 3 heterocycles. The van der Waals surface area contributed by atoms with E-state index in [0.29, 0.717) is 29.6 Å². The minimum absolute atomic E-state index is 0.0105. The lowest BCUT2D eigenvalue weighted by Gasteiger charge is -2.23. The van der Waals surface area contributed by atoms with E-state index >= 15 is 0 Å². The second-order valence-electron chi connectivity index (χ2n) is 7.02. The van der Waals surface area contributed by atoms with Crippen LogP contribution in [-0.4, -0.2) is 45.2 Å². The lowest BCUT2D eigenvalue weighted by molar-refractivity contribution is -0.134. The Balaban J connectivity index is 1.35. The Bertz CT molecular complexity index is 993. The molecular weight excluding hydrogens is 408 g/mol. The van der Waals surface area contributed by atoms with Crippen LogP contribution >= 0.6 is 23.1 Å². The first-order valence-electron chi connectivity index (χ1n) is 9.48. The van der Waals surface area contributed by atoms with Crippen molar-refractivity contribution in [2.45, 2.75) is 38.5 Å². The average Bonchev–Trinajstić information content (AvgIpc) is 3.41. The molecule has 0 bridgehead atoms. The third-order valence-corrected chi connectivity index (χ3v) is 6.95. The van der Waals surface area contributed by atoms with E-state index in [1.165, 1.54) is 23.1 Å². The number of para-hydroxylation sites is 1. The molecule has 1 unspecified atom stereocenters. The highest BCUT2D eigenvalue weighted by molar-refractivity contribution is 7.99. The summed E-state index contributed by atoms with van der Waals surface area (Å²) in [7, 11) is 0. The van der Waals surface area contributed by atoms with Crippen molar-refractivity contribution >= 4 is 50.3 Å². The van der Waals surface area contributed by atoms with Gasteiger partial charge in [-0.3, -0.25) is 9.59 Å². The minimum Gasteiger partial charge on any atom is -0.361 e. The maximum absolute atomic E-state index is 12.8. The molecule has 0 saturated carbocycles. The van der Waals surface area contributed by atoms with E-state index in [2.05, 4.69) is 15.5 Å². The fourth-order valence-electron chi connectivity index (χ4n) is 3.48. The third-order valence-electron chi connectivity index (χ3n) is 5.05. The fourth-order valence-corrected chi connectivity index (χ4v) is 5.41.